The van der Waals surface area contributed by atoms with Gasteiger partial charge in [-0.3, -0.25) is 0 Å². The smallest absolute Gasteiger partial charge is 0.330 e. The minimum Gasteiger partial charge on any atom is -0.463 e. The van der Waals surface area contributed by atoms with Crippen LogP contribution >= 0.6 is 0 Å². The molecule has 0 rings (SSSR count). The van der Waals surface area contributed by atoms with Gasteiger partial charge < -0.3 is 4.74 Å². The lowest BCUT2D eigenvalue weighted by Crippen LogP contribution is -1.98. The van der Waals surface area contributed by atoms with Gasteiger partial charge in [0.2, 0.25) is 0 Å². The number of hydrogen-bond acceptors (Lipinski definition) is 2. The van der Waals surface area contributed by atoms with E-state index in [1.807, 2.05) is 6.08 Å². The lowest BCUT2D eigenvalue weighted by molar-refractivity contribution is -0.137. The zero-order valence-electron chi connectivity index (χ0n) is 10.7. The lowest BCUT2D eigenvalue weighted by Gasteiger charge is -1.97. The number of carbonyl (C=O) groups excluding carboxylic acids is 1. The molecule has 0 aromatic heterocycles. The zero-order valence-corrected chi connectivity index (χ0v) is 10.7. The maximum absolute atomic E-state index is 11.0. The van der Waals surface area contributed by atoms with Gasteiger partial charge in [0.15, 0.2) is 0 Å². The molecule has 16 heavy (non-hydrogen) atoms. The van der Waals surface area contributed by atoms with Crippen LogP contribution in [0.1, 0.15) is 40.5 Å². The lowest BCUT2D eigenvalue weighted by atomic mass is 10.1. The van der Waals surface area contributed by atoms with E-state index >= 15 is 0 Å². The van der Waals surface area contributed by atoms with E-state index in [2.05, 4.69) is 26.8 Å². The third kappa shape index (κ3) is 9.25. The molecule has 0 unspecified atom stereocenters. The van der Waals surface area contributed by atoms with E-state index in [4.69, 9.17) is 4.74 Å². The van der Waals surface area contributed by atoms with Crippen molar-refractivity contribution >= 4 is 5.97 Å². The molecule has 0 aromatic carbocycles. The van der Waals surface area contributed by atoms with Crippen molar-refractivity contribution in [2.45, 2.75) is 40.5 Å². The number of allylic oxidation sites excluding steroid dienone is 5. The molecule has 0 radical (unpaired) electrons. The molecule has 0 bridgehead atoms. The molecule has 2 nitrogen and oxygen atoms in total. The Hall–Kier alpha value is -1.31. The average molecular weight is 222 g/mol. The van der Waals surface area contributed by atoms with Crippen LogP contribution in [0.2, 0.25) is 0 Å². The summed E-state index contributed by atoms with van der Waals surface area (Å²) in [5, 5.41) is 0. The second kappa shape index (κ2) is 8.96. The highest BCUT2D eigenvalue weighted by atomic mass is 16.5. The summed E-state index contributed by atoms with van der Waals surface area (Å²) in [6.45, 7) is 8.48. The van der Waals surface area contributed by atoms with Crippen LogP contribution < -0.4 is 0 Å². The van der Waals surface area contributed by atoms with Gasteiger partial charge in [-0.2, -0.15) is 0 Å². The van der Waals surface area contributed by atoms with Crippen LogP contribution in [0.5, 0.6) is 0 Å². The van der Waals surface area contributed by atoms with Crippen LogP contribution in [-0.4, -0.2) is 12.6 Å². The Bertz CT molecular complexity index is 292. The van der Waals surface area contributed by atoms with Crippen molar-refractivity contribution in [2.75, 3.05) is 6.61 Å². The van der Waals surface area contributed by atoms with Gasteiger partial charge in [0, 0.05) is 6.08 Å². The molecule has 0 aliphatic heterocycles. The Balaban J connectivity index is 3.95. The van der Waals surface area contributed by atoms with Crippen molar-refractivity contribution in [3.63, 3.8) is 0 Å². The highest BCUT2D eigenvalue weighted by Gasteiger charge is 1.91. The Labute approximate surface area is 98.7 Å². The Kier molecular flexibility index (Phi) is 8.22. The van der Waals surface area contributed by atoms with Gasteiger partial charge >= 0.3 is 5.97 Å². The van der Waals surface area contributed by atoms with Gasteiger partial charge in [-0.15, -0.1) is 0 Å². The van der Waals surface area contributed by atoms with Gasteiger partial charge in [0.25, 0.3) is 0 Å². The molecule has 0 saturated carbocycles. The van der Waals surface area contributed by atoms with Gasteiger partial charge in [0.1, 0.15) is 0 Å². The predicted molar refractivity (Wildman–Crippen MR) is 68.2 cm³/mol. The number of rotatable bonds is 6. The fourth-order valence-corrected chi connectivity index (χ4v) is 1.15. The predicted octanol–water partition coefficient (Wildman–Crippen LogP) is 3.80. The van der Waals surface area contributed by atoms with Crippen molar-refractivity contribution < 1.29 is 9.53 Å². The molecule has 0 aliphatic carbocycles. The highest BCUT2D eigenvalue weighted by Crippen LogP contribution is 2.06. The number of hydrogen-bond donors (Lipinski definition) is 0. The molecule has 0 heterocycles. The monoisotopic (exact) mass is 222 g/mol. The second-order valence-electron chi connectivity index (χ2n) is 3.94. The van der Waals surface area contributed by atoms with Crippen LogP contribution in [0.25, 0.3) is 0 Å². The summed E-state index contributed by atoms with van der Waals surface area (Å²) in [4.78, 5) is 11.0. The molecule has 0 atom stereocenters. The maximum atomic E-state index is 11.0. The Morgan fingerprint density at radius 3 is 2.50 bits per heavy atom. The van der Waals surface area contributed by atoms with E-state index in [9.17, 15) is 4.79 Å². The van der Waals surface area contributed by atoms with Gasteiger partial charge in [-0.05, 0) is 40.5 Å². The summed E-state index contributed by atoms with van der Waals surface area (Å²) in [6.07, 6.45) is 9.45. The SMILES string of the molecule is CCOC(=O)/C=C\C=C(/C)CCC=C(C)C. The first-order valence-corrected chi connectivity index (χ1v) is 5.70. The van der Waals surface area contributed by atoms with Gasteiger partial charge in [-0.1, -0.05) is 29.4 Å². The van der Waals surface area contributed by atoms with Crippen molar-refractivity contribution in [3.05, 3.63) is 35.5 Å². The van der Waals surface area contributed by atoms with E-state index < -0.39 is 0 Å². The quantitative estimate of drug-likeness (QED) is 0.296. The summed E-state index contributed by atoms with van der Waals surface area (Å²) < 4.78 is 4.77. The average Bonchev–Trinajstić information content (AvgIpc) is 2.17. The molecule has 2 heteroatoms. The number of carbonyl (C=O) groups is 1. The molecular formula is C14H22O2. The molecule has 0 spiro atoms. The van der Waals surface area contributed by atoms with Crippen LogP contribution in [0, 0.1) is 0 Å². The summed E-state index contributed by atoms with van der Waals surface area (Å²) in [7, 11) is 0. The molecular weight excluding hydrogens is 200 g/mol. The first-order chi connectivity index (χ1) is 7.56. The van der Waals surface area contributed by atoms with E-state index in [0.29, 0.717) is 6.61 Å². The first-order valence-electron chi connectivity index (χ1n) is 5.70. The van der Waals surface area contributed by atoms with Crippen molar-refractivity contribution in [1.29, 1.82) is 0 Å². The minimum absolute atomic E-state index is 0.282. The second-order valence-corrected chi connectivity index (χ2v) is 3.94. The Morgan fingerprint density at radius 2 is 1.94 bits per heavy atom. The fourth-order valence-electron chi connectivity index (χ4n) is 1.15. The summed E-state index contributed by atoms with van der Waals surface area (Å²) in [5.41, 5.74) is 2.60. The molecule has 0 aliphatic rings. The van der Waals surface area contributed by atoms with Crippen LogP contribution in [0.4, 0.5) is 0 Å². The molecule has 0 N–H and O–H groups in total. The van der Waals surface area contributed by atoms with Crippen molar-refractivity contribution in [3.8, 4) is 0 Å². The number of ether oxygens (including phenoxy) is 1. The highest BCUT2D eigenvalue weighted by molar-refractivity contribution is 5.82. The van der Waals surface area contributed by atoms with E-state index in [1.165, 1.54) is 17.2 Å². The van der Waals surface area contributed by atoms with Gasteiger partial charge in [-0.25, -0.2) is 4.79 Å². The normalized spacial score (nSPS) is 11.6. The standard InChI is InChI=1S/C14H22O2/c1-5-16-14(15)11-7-10-13(4)9-6-8-12(2)3/h7-8,10-11H,5-6,9H2,1-4H3/b11-7-,13-10+. The molecule has 0 aromatic rings. The summed E-state index contributed by atoms with van der Waals surface area (Å²) in [6, 6.07) is 0. The van der Waals surface area contributed by atoms with E-state index in [0.717, 1.165) is 12.8 Å². The minimum atomic E-state index is -0.282. The topological polar surface area (TPSA) is 26.3 Å². The van der Waals surface area contributed by atoms with E-state index in [1.54, 1.807) is 13.0 Å². The van der Waals surface area contributed by atoms with Crippen LogP contribution in [-0.2, 0) is 9.53 Å². The van der Waals surface area contributed by atoms with Crippen LogP contribution in [0.15, 0.2) is 35.5 Å². The van der Waals surface area contributed by atoms with Crippen LogP contribution in [0.3, 0.4) is 0 Å². The van der Waals surface area contributed by atoms with Crippen molar-refractivity contribution in [2.24, 2.45) is 0 Å². The molecule has 0 saturated heterocycles. The molecule has 0 fully saturated rings. The summed E-state index contributed by atoms with van der Waals surface area (Å²) >= 11 is 0. The maximum Gasteiger partial charge on any atom is 0.330 e. The third-order valence-electron chi connectivity index (χ3n) is 1.99. The first kappa shape index (κ1) is 14.7. The largest absolute Gasteiger partial charge is 0.463 e. The van der Waals surface area contributed by atoms with Gasteiger partial charge in [0.05, 0.1) is 6.61 Å². The van der Waals surface area contributed by atoms with Crippen molar-refractivity contribution in [1.82, 2.24) is 0 Å². The fraction of sp³-hybridized carbons (Fsp3) is 0.500. The number of esters is 1. The summed E-state index contributed by atoms with van der Waals surface area (Å²) in [5.74, 6) is -0.282. The Morgan fingerprint density at radius 1 is 1.25 bits per heavy atom. The molecule has 0 amide bonds. The zero-order chi connectivity index (χ0) is 12.4. The van der Waals surface area contributed by atoms with E-state index in [-0.39, 0.29) is 5.97 Å². The molecule has 90 valence electrons. The third-order valence-corrected chi connectivity index (χ3v) is 1.99.